The molecule has 5 rings (SSSR count). The van der Waals surface area contributed by atoms with Gasteiger partial charge in [-0.3, -0.25) is 4.79 Å². The molecule has 174 valence electrons. The van der Waals surface area contributed by atoms with Crippen molar-refractivity contribution in [3.63, 3.8) is 0 Å². The molecule has 1 aliphatic rings. The number of aromatic nitrogens is 4. The maximum Gasteiger partial charge on any atom is 0.259 e. The highest BCUT2D eigenvalue weighted by molar-refractivity contribution is 5.97. The number of methoxy groups -OCH3 is 1. The number of halogens is 1. The molecule has 1 unspecified atom stereocenters. The second kappa shape index (κ2) is 9.09. The van der Waals surface area contributed by atoms with E-state index in [9.17, 15) is 9.18 Å². The normalized spacial score (nSPS) is 16.1. The zero-order valence-electron chi connectivity index (χ0n) is 18.8. The lowest BCUT2D eigenvalue weighted by atomic mass is 9.91. The molecule has 1 atom stereocenters. The summed E-state index contributed by atoms with van der Waals surface area (Å²) in [4.78, 5) is 24.0. The van der Waals surface area contributed by atoms with Gasteiger partial charge >= 0.3 is 0 Å². The van der Waals surface area contributed by atoms with Gasteiger partial charge in [0.1, 0.15) is 11.4 Å². The minimum absolute atomic E-state index is 0.122. The van der Waals surface area contributed by atoms with E-state index >= 15 is 0 Å². The van der Waals surface area contributed by atoms with Crippen molar-refractivity contribution in [1.82, 2.24) is 24.5 Å². The van der Waals surface area contributed by atoms with Gasteiger partial charge in [-0.25, -0.2) is 13.9 Å². The zero-order chi connectivity index (χ0) is 23.7. The second-order valence-corrected chi connectivity index (χ2v) is 8.56. The van der Waals surface area contributed by atoms with Gasteiger partial charge in [-0.1, -0.05) is 12.1 Å². The summed E-state index contributed by atoms with van der Waals surface area (Å²) in [6, 6.07) is 12.2. The second-order valence-electron chi connectivity index (χ2n) is 8.56. The number of hydrogen-bond acceptors (Lipinski definition) is 6. The van der Waals surface area contributed by atoms with Gasteiger partial charge in [0.25, 0.3) is 5.91 Å². The van der Waals surface area contributed by atoms with Crippen molar-refractivity contribution in [3.8, 4) is 17.0 Å². The topological polar surface area (TPSA) is 98.6 Å². The molecule has 3 aromatic heterocycles. The Morgan fingerprint density at radius 1 is 1.24 bits per heavy atom. The number of carbonyl (C=O) groups is 1. The van der Waals surface area contributed by atoms with Crippen molar-refractivity contribution in [2.24, 2.45) is 5.92 Å². The van der Waals surface area contributed by atoms with Crippen molar-refractivity contribution >= 4 is 17.5 Å². The molecule has 0 radical (unpaired) electrons. The number of benzene rings is 1. The first-order valence-corrected chi connectivity index (χ1v) is 11.2. The van der Waals surface area contributed by atoms with Crippen LogP contribution in [0.1, 0.15) is 28.8 Å². The number of pyridine rings is 2. The molecular weight excluding hydrogens is 435 g/mol. The lowest BCUT2D eigenvalue weighted by Crippen LogP contribution is -2.40. The van der Waals surface area contributed by atoms with Gasteiger partial charge in [-0.15, -0.1) is 5.10 Å². The van der Waals surface area contributed by atoms with E-state index in [0.717, 1.165) is 36.0 Å². The minimum Gasteiger partial charge on any atom is -0.480 e. The lowest BCUT2D eigenvalue weighted by molar-refractivity contribution is 0.0669. The van der Waals surface area contributed by atoms with Gasteiger partial charge in [0, 0.05) is 31.0 Å². The monoisotopic (exact) mass is 460 g/mol. The van der Waals surface area contributed by atoms with Crippen LogP contribution < -0.4 is 10.5 Å². The quantitative estimate of drug-likeness (QED) is 0.489. The number of fused-ring (bicyclic) bond motifs is 1. The number of nitrogen functional groups attached to an aromatic ring is 1. The first-order valence-electron chi connectivity index (χ1n) is 11.2. The number of nitrogens with two attached hydrogens (primary N) is 1. The summed E-state index contributed by atoms with van der Waals surface area (Å²) >= 11 is 0. The van der Waals surface area contributed by atoms with E-state index < -0.39 is 0 Å². The van der Waals surface area contributed by atoms with E-state index in [4.69, 9.17) is 10.5 Å². The highest BCUT2D eigenvalue weighted by Gasteiger charge is 2.27. The summed E-state index contributed by atoms with van der Waals surface area (Å²) in [5.41, 5.74) is 9.26. The number of anilines is 1. The lowest BCUT2D eigenvalue weighted by Gasteiger charge is -2.33. The van der Waals surface area contributed by atoms with Crippen molar-refractivity contribution in [1.29, 1.82) is 0 Å². The summed E-state index contributed by atoms with van der Waals surface area (Å²) in [5, 5.41) is 4.09. The Bertz CT molecular complexity index is 1350. The number of amides is 1. The highest BCUT2D eigenvalue weighted by Crippen LogP contribution is 2.28. The summed E-state index contributed by atoms with van der Waals surface area (Å²) < 4.78 is 20.6. The Labute approximate surface area is 196 Å². The van der Waals surface area contributed by atoms with Crippen molar-refractivity contribution in [2.75, 3.05) is 25.9 Å². The molecule has 1 fully saturated rings. The summed E-state index contributed by atoms with van der Waals surface area (Å²) in [6.45, 7) is 1.27. The molecule has 4 heterocycles. The maximum atomic E-state index is 13.6. The molecule has 1 amide bonds. The number of nitrogens with zero attached hydrogens (tertiary/aromatic N) is 5. The molecule has 1 saturated heterocycles. The average Bonchev–Trinajstić information content (AvgIpc) is 3.22. The van der Waals surface area contributed by atoms with Crippen LogP contribution in [-0.2, 0) is 6.42 Å². The van der Waals surface area contributed by atoms with E-state index in [1.807, 2.05) is 23.1 Å². The number of hydrogen-bond donors (Lipinski definition) is 1. The highest BCUT2D eigenvalue weighted by atomic mass is 19.1. The molecule has 1 aromatic carbocycles. The third-order valence-corrected chi connectivity index (χ3v) is 6.18. The van der Waals surface area contributed by atoms with Gasteiger partial charge < -0.3 is 15.4 Å². The van der Waals surface area contributed by atoms with E-state index in [2.05, 4.69) is 15.1 Å². The Kier molecular flexibility index (Phi) is 5.83. The molecule has 9 heteroatoms. The summed E-state index contributed by atoms with van der Waals surface area (Å²) in [5.74, 6) is 0.388. The zero-order valence-corrected chi connectivity index (χ0v) is 18.8. The number of piperidine rings is 1. The van der Waals surface area contributed by atoms with E-state index in [1.54, 1.807) is 35.1 Å². The Hall–Kier alpha value is -4.01. The van der Waals surface area contributed by atoms with E-state index in [-0.39, 0.29) is 29.5 Å². The first-order chi connectivity index (χ1) is 16.5. The molecular formula is C25H25FN6O2. The fourth-order valence-electron chi connectivity index (χ4n) is 4.59. The molecule has 0 saturated carbocycles. The molecule has 0 aliphatic carbocycles. The van der Waals surface area contributed by atoms with Crippen LogP contribution >= 0.6 is 0 Å². The van der Waals surface area contributed by atoms with Crippen molar-refractivity contribution in [2.45, 2.75) is 19.3 Å². The molecule has 4 aromatic rings. The van der Waals surface area contributed by atoms with Gasteiger partial charge in [0.15, 0.2) is 5.65 Å². The fourth-order valence-corrected chi connectivity index (χ4v) is 4.59. The predicted octanol–water partition coefficient (Wildman–Crippen LogP) is 3.62. The molecule has 0 spiro atoms. The average molecular weight is 461 g/mol. The van der Waals surface area contributed by atoms with Crippen LogP contribution in [-0.4, -0.2) is 50.6 Å². The van der Waals surface area contributed by atoms with E-state index in [1.165, 1.54) is 13.2 Å². The first kappa shape index (κ1) is 21.8. The fraction of sp³-hybridized carbons (Fsp3) is 0.280. The summed E-state index contributed by atoms with van der Waals surface area (Å²) in [6.07, 6.45) is 6.06. The van der Waals surface area contributed by atoms with Crippen LogP contribution in [0.2, 0.25) is 0 Å². The molecule has 1 aliphatic heterocycles. The maximum absolute atomic E-state index is 13.6. The SMILES string of the molecule is COc1ncc(-c2ccn3nc(N)nc3c2)cc1C(=O)N1CCCC(Cc2cccc(F)c2)C1. The molecule has 2 N–H and O–H groups in total. The summed E-state index contributed by atoms with van der Waals surface area (Å²) in [7, 11) is 1.51. The Morgan fingerprint density at radius 3 is 2.94 bits per heavy atom. The van der Waals surface area contributed by atoms with Crippen LogP contribution in [0.15, 0.2) is 54.9 Å². The van der Waals surface area contributed by atoms with Crippen molar-refractivity contribution < 1.29 is 13.9 Å². The predicted molar refractivity (Wildman–Crippen MR) is 126 cm³/mol. The van der Waals surface area contributed by atoms with E-state index in [0.29, 0.717) is 24.3 Å². The molecule has 34 heavy (non-hydrogen) atoms. The van der Waals surface area contributed by atoms with Crippen LogP contribution in [0, 0.1) is 11.7 Å². The Morgan fingerprint density at radius 2 is 2.12 bits per heavy atom. The smallest absolute Gasteiger partial charge is 0.259 e. The minimum atomic E-state index is -0.235. The molecule has 0 bridgehead atoms. The number of ether oxygens (including phenoxy) is 1. The standard InChI is InChI=1S/C25H25FN6O2/c1-34-23-21(12-19(14-28-23)18-7-9-32-22(13-18)29-25(27)30-32)24(33)31-8-3-5-17(15-31)10-16-4-2-6-20(26)11-16/h2,4,6-7,9,11-14,17H,3,5,8,10,15H2,1H3,(H2,27,30). The van der Waals surface area contributed by atoms with Gasteiger partial charge in [-0.05, 0) is 66.6 Å². The van der Waals surface area contributed by atoms with Gasteiger partial charge in [-0.2, -0.15) is 4.98 Å². The largest absolute Gasteiger partial charge is 0.480 e. The van der Waals surface area contributed by atoms with Crippen LogP contribution in [0.4, 0.5) is 10.3 Å². The number of likely N-dealkylation sites (tertiary alicyclic amines) is 1. The van der Waals surface area contributed by atoms with Crippen LogP contribution in [0.25, 0.3) is 16.8 Å². The van der Waals surface area contributed by atoms with Gasteiger partial charge in [0.2, 0.25) is 11.8 Å². The van der Waals surface area contributed by atoms with Crippen molar-refractivity contribution in [3.05, 3.63) is 71.8 Å². The molecule has 8 nitrogen and oxygen atoms in total. The van der Waals surface area contributed by atoms with Gasteiger partial charge in [0.05, 0.1) is 7.11 Å². The number of carbonyl (C=O) groups excluding carboxylic acids is 1. The third-order valence-electron chi connectivity index (χ3n) is 6.18. The Balaban J connectivity index is 1.39. The third kappa shape index (κ3) is 4.41. The van der Waals surface area contributed by atoms with Crippen LogP contribution in [0.5, 0.6) is 5.88 Å². The number of rotatable bonds is 5. The van der Waals surface area contributed by atoms with Crippen LogP contribution in [0.3, 0.4) is 0 Å².